The first-order valence-electron chi connectivity index (χ1n) is 4.32. The number of hydrogen-bond acceptors (Lipinski definition) is 2. The van der Waals surface area contributed by atoms with Gasteiger partial charge in [-0.25, -0.2) is 4.79 Å². The topological polar surface area (TPSA) is 38.3 Å². The Hall–Kier alpha value is -1.55. The van der Waals surface area contributed by atoms with Crippen LogP contribution in [-0.4, -0.2) is 30.0 Å². The summed E-state index contributed by atoms with van der Waals surface area (Å²) in [6, 6.07) is 0. The lowest BCUT2D eigenvalue weighted by atomic mass is 10.1. The highest BCUT2D eigenvalue weighted by atomic mass is 19.4. The molecule has 0 aliphatic heterocycles. The highest BCUT2D eigenvalue weighted by Gasteiger charge is 2.81. The monoisotopic (exact) mass is 301 g/mol. The van der Waals surface area contributed by atoms with Gasteiger partial charge in [-0.3, -0.25) is 5.32 Å². The lowest BCUT2D eigenvalue weighted by molar-refractivity contribution is -0.411. The fraction of sp³-hybridized carbons (Fsp3) is 0.625. The molecule has 0 rings (SSSR count). The third-order valence-corrected chi connectivity index (χ3v) is 1.75. The van der Waals surface area contributed by atoms with Gasteiger partial charge in [-0.05, 0) is 6.20 Å². The zero-order valence-electron chi connectivity index (χ0n) is 9.12. The Kier molecular flexibility index (Phi) is 4.46. The third-order valence-electron chi connectivity index (χ3n) is 1.75. The van der Waals surface area contributed by atoms with E-state index in [2.05, 4.69) is 11.3 Å². The van der Waals surface area contributed by atoms with Gasteiger partial charge in [0.05, 0.1) is 0 Å². The Labute approximate surface area is 101 Å². The van der Waals surface area contributed by atoms with Gasteiger partial charge in [-0.1, -0.05) is 6.58 Å². The number of alkyl halides is 8. The van der Waals surface area contributed by atoms with Crippen molar-refractivity contribution in [2.45, 2.75) is 30.8 Å². The maximum Gasteiger partial charge on any atom is 0.474 e. The zero-order chi connectivity index (χ0) is 15.7. The quantitative estimate of drug-likeness (QED) is 0.791. The fourth-order valence-electron chi connectivity index (χ4n) is 0.752. The van der Waals surface area contributed by atoms with Crippen molar-refractivity contribution in [3.63, 3.8) is 0 Å². The predicted molar refractivity (Wildman–Crippen MR) is 45.3 cm³/mol. The number of carbonyl (C=O) groups is 1. The molecule has 0 heterocycles. The molecule has 1 N–H and O–H groups in total. The maximum atomic E-state index is 12.8. The minimum atomic E-state index is -6.63. The summed E-state index contributed by atoms with van der Waals surface area (Å²) in [6.45, 7) is 2.09. The molecule has 0 aliphatic rings. The molecule has 3 nitrogen and oxygen atoms in total. The van der Waals surface area contributed by atoms with Crippen LogP contribution in [0.4, 0.5) is 39.9 Å². The van der Waals surface area contributed by atoms with E-state index in [0.717, 1.165) is 0 Å². The van der Waals surface area contributed by atoms with E-state index in [1.54, 1.807) is 0 Å². The summed E-state index contributed by atoms with van der Waals surface area (Å²) in [7, 11) is 0. The second-order valence-corrected chi connectivity index (χ2v) is 3.29. The molecular weight excluding hydrogens is 294 g/mol. The zero-order valence-corrected chi connectivity index (χ0v) is 9.12. The SMILES string of the molecule is C=CNC(=O)OC(F)(F)C(F)(F)C(F)(F)C(C)(F)F. The van der Waals surface area contributed by atoms with Crippen molar-refractivity contribution in [3.05, 3.63) is 12.8 Å². The van der Waals surface area contributed by atoms with Crippen LogP contribution in [0, 0.1) is 0 Å². The van der Waals surface area contributed by atoms with Crippen LogP contribution in [0.25, 0.3) is 0 Å². The van der Waals surface area contributed by atoms with Crippen LogP contribution in [0.1, 0.15) is 6.92 Å². The average Bonchev–Trinajstić information content (AvgIpc) is 2.14. The molecule has 0 unspecified atom stereocenters. The molecular formula is C8H7F8NO2. The van der Waals surface area contributed by atoms with Gasteiger partial charge in [0.15, 0.2) is 0 Å². The van der Waals surface area contributed by atoms with Gasteiger partial charge in [-0.2, -0.15) is 35.1 Å². The summed E-state index contributed by atoms with van der Waals surface area (Å²) >= 11 is 0. The van der Waals surface area contributed by atoms with Crippen molar-refractivity contribution in [1.29, 1.82) is 0 Å². The Bertz CT molecular complexity index is 362. The Morgan fingerprint density at radius 1 is 1.05 bits per heavy atom. The number of halogens is 8. The molecule has 11 heteroatoms. The first kappa shape index (κ1) is 17.4. The second-order valence-electron chi connectivity index (χ2n) is 3.29. The average molecular weight is 301 g/mol. The number of amides is 1. The summed E-state index contributed by atoms with van der Waals surface area (Å²) in [5.74, 6) is -18.5. The minimum Gasteiger partial charge on any atom is -0.379 e. The Morgan fingerprint density at radius 3 is 1.79 bits per heavy atom. The summed E-state index contributed by atoms with van der Waals surface area (Å²) in [6.07, 6.45) is -8.01. The standard InChI is InChI=1S/C8H7F8NO2/c1-3-17-4(18)19-8(15,16)7(13,14)6(11,12)5(2,9)10/h3H,1H2,2H3,(H,17,18). The molecule has 0 saturated heterocycles. The van der Waals surface area contributed by atoms with E-state index in [9.17, 15) is 39.9 Å². The van der Waals surface area contributed by atoms with Crippen molar-refractivity contribution >= 4 is 6.09 Å². The van der Waals surface area contributed by atoms with Crippen LogP contribution >= 0.6 is 0 Å². The van der Waals surface area contributed by atoms with E-state index in [1.807, 2.05) is 0 Å². The molecule has 1 amide bonds. The summed E-state index contributed by atoms with van der Waals surface area (Å²) < 4.78 is 103. The lowest BCUT2D eigenvalue weighted by Gasteiger charge is -2.34. The lowest BCUT2D eigenvalue weighted by Crippen LogP contribution is -2.62. The van der Waals surface area contributed by atoms with Crippen LogP contribution in [0.5, 0.6) is 0 Å². The molecule has 19 heavy (non-hydrogen) atoms. The van der Waals surface area contributed by atoms with Crippen molar-refractivity contribution in [1.82, 2.24) is 5.32 Å². The number of ether oxygens (including phenoxy) is 1. The molecule has 0 aromatic carbocycles. The number of rotatable bonds is 5. The predicted octanol–water partition coefficient (Wildman–Crippen LogP) is 3.37. The Balaban J connectivity index is 5.39. The molecule has 0 aromatic heterocycles. The molecule has 0 fully saturated rings. The van der Waals surface area contributed by atoms with E-state index in [0.29, 0.717) is 6.20 Å². The van der Waals surface area contributed by atoms with Crippen LogP contribution in [0.2, 0.25) is 0 Å². The maximum absolute atomic E-state index is 12.8. The fourth-order valence-corrected chi connectivity index (χ4v) is 0.752. The van der Waals surface area contributed by atoms with Crippen LogP contribution in [0.3, 0.4) is 0 Å². The highest BCUT2D eigenvalue weighted by Crippen LogP contribution is 2.52. The van der Waals surface area contributed by atoms with Crippen LogP contribution in [0.15, 0.2) is 12.8 Å². The van der Waals surface area contributed by atoms with E-state index >= 15 is 0 Å². The van der Waals surface area contributed by atoms with Gasteiger partial charge >= 0.3 is 30.0 Å². The van der Waals surface area contributed by atoms with E-state index < -0.39 is 36.9 Å². The first-order valence-corrected chi connectivity index (χ1v) is 4.32. The molecule has 0 saturated carbocycles. The van der Waals surface area contributed by atoms with Crippen molar-refractivity contribution in [2.24, 2.45) is 0 Å². The van der Waals surface area contributed by atoms with E-state index in [4.69, 9.17) is 0 Å². The normalized spacial score (nSPS) is 13.9. The van der Waals surface area contributed by atoms with Gasteiger partial charge in [0.25, 0.3) is 0 Å². The molecule has 0 bridgehead atoms. The smallest absolute Gasteiger partial charge is 0.379 e. The molecule has 0 radical (unpaired) electrons. The molecule has 112 valence electrons. The van der Waals surface area contributed by atoms with Gasteiger partial charge in [0, 0.05) is 6.92 Å². The van der Waals surface area contributed by atoms with Crippen molar-refractivity contribution < 1.29 is 44.7 Å². The molecule has 0 aliphatic carbocycles. The van der Waals surface area contributed by atoms with Gasteiger partial charge < -0.3 is 4.74 Å². The third kappa shape index (κ3) is 3.07. The number of nitrogens with one attached hydrogen (secondary N) is 1. The number of carbonyl (C=O) groups excluding carboxylic acids is 1. The Morgan fingerprint density at radius 2 is 1.47 bits per heavy atom. The first-order chi connectivity index (χ1) is 8.20. The van der Waals surface area contributed by atoms with Gasteiger partial charge in [0.2, 0.25) is 0 Å². The molecule has 0 spiro atoms. The van der Waals surface area contributed by atoms with Crippen molar-refractivity contribution in [2.75, 3.05) is 0 Å². The van der Waals surface area contributed by atoms with Gasteiger partial charge in [0.1, 0.15) is 0 Å². The number of alkyl carbamates (subject to hydrolysis) is 1. The summed E-state index contributed by atoms with van der Waals surface area (Å²) in [5, 5.41) is 1.22. The van der Waals surface area contributed by atoms with Gasteiger partial charge in [-0.15, -0.1) is 0 Å². The highest BCUT2D eigenvalue weighted by molar-refractivity contribution is 5.68. The summed E-state index contributed by atoms with van der Waals surface area (Å²) in [4.78, 5) is 10.4. The van der Waals surface area contributed by atoms with Crippen molar-refractivity contribution in [3.8, 4) is 0 Å². The van der Waals surface area contributed by atoms with E-state index in [-0.39, 0.29) is 0 Å². The number of hydrogen-bond donors (Lipinski definition) is 1. The summed E-state index contributed by atoms with van der Waals surface area (Å²) in [5.41, 5.74) is 0. The van der Waals surface area contributed by atoms with Crippen LogP contribution in [-0.2, 0) is 4.74 Å². The molecule has 0 aromatic rings. The largest absolute Gasteiger partial charge is 0.474 e. The minimum absolute atomic E-state index is 0.420. The van der Waals surface area contributed by atoms with E-state index in [1.165, 1.54) is 5.32 Å². The van der Waals surface area contributed by atoms with Crippen LogP contribution < -0.4 is 5.32 Å². The second kappa shape index (κ2) is 4.85. The molecule has 0 atom stereocenters.